The number of guanidine groups is 1. The van der Waals surface area contributed by atoms with Gasteiger partial charge in [-0.1, -0.05) is 12.1 Å². The maximum atomic E-state index is 12.7. The zero-order chi connectivity index (χ0) is 21.6. The Morgan fingerprint density at radius 1 is 1.29 bits per heavy atom. The molecule has 0 aliphatic carbocycles. The molecule has 172 valence electrons. The Kier molecular flexibility index (Phi) is 10.0. The molecular weight excluding hydrogens is 538 g/mol. The number of rotatable bonds is 7. The molecule has 0 saturated carbocycles. The fourth-order valence-electron chi connectivity index (χ4n) is 3.50. The largest absolute Gasteiger partial charge is 0.416 e. The first-order valence-electron chi connectivity index (χ1n) is 10.1. The maximum Gasteiger partial charge on any atom is 0.416 e. The summed E-state index contributed by atoms with van der Waals surface area (Å²) in [7, 11) is 1.76. The summed E-state index contributed by atoms with van der Waals surface area (Å²) in [4.78, 5) is 11.0. The number of likely N-dealkylation sites (tertiary alicyclic amines) is 1. The minimum atomic E-state index is -4.29. The van der Waals surface area contributed by atoms with E-state index in [2.05, 4.69) is 30.9 Å². The summed E-state index contributed by atoms with van der Waals surface area (Å²) < 4.78 is 38.1. The summed E-state index contributed by atoms with van der Waals surface area (Å²) in [5.74, 6) is 0.784. The average molecular weight is 567 g/mol. The number of halogens is 4. The number of nitrogens with one attached hydrogen (secondary N) is 2. The molecule has 2 heterocycles. The molecule has 1 atom stereocenters. The normalized spacial score (nSPS) is 17.5. The van der Waals surface area contributed by atoms with Gasteiger partial charge in [-0.15, -0.1) is 35.3 Å². The molecular formula is C21H29F3IN5S. The van der Waals surface area contributed by atoms with Gasteiger partial charge in [0.2, 0.25) is 0 Å². The quantitative estimate of drug-likeness (QED) is 0.225. The van der Waals surface area contributed by atoms with Gasteiger partial charge in [0.15, 0.2) is 5.96 Å². The third-order valence-corrected chi connectivity index (χ3v) is 6.08. The minimum Gasteiger partial charge on any atom is -0.356 e. The van der Waals surface area contributed by atoms with Crippen LogP contribution in [-0.2, 0) is 19.1 Å². The Balaban J connectivity index is 0.00000341. The van der Waals surface area contributed by atoms with Crippen LogP contribution in [0.4, 0.5) is 13.2 Å². The van der Waals surface area contributed by atoms with Gasteiger partial charge in [0.05, 0.1) is 10.6 Å². The number of benzene rings is 1. The molecule has 1 unspecified atom stereocenters. The summed E-state index contributed by atoms with van der Waals surface area (Å²) in [6, 6.07) is 5.70. The summed E-state index contributed by atoms with van der Waals surface area (Å²) in [6.45, 7) is 5.21. The first-order chi connectivity index (χ1) is 14.3. The summed E-state index contributed by atoms with van der Waals surface area (Å²) in [5, 5.41) is 10.0. The predicted octanol–water partition coefficient (Wildman–Crippen LogP) is 4.46. The zero-order valence-electron chi connectivity index (χ0n) is 17.7. The van der Waals surface area contributed by atoms with Crippen molar-refractivity contribution in [3.63, 3.8) is 0 Å². The van der Waals surface area contributed by atoms with E-state index in [-0.39, 0.29) is 30.0 Å². The molecule has 0 spiro atoms. The van der Waals surface area contributed by atoms with Crippen molar-refractivity contribution >= 4 is 41.3 Å². The van der Waals surface area contributed by atoms with Crippen LogP contribution in [0.25, 0.3) is 0 Å². The van der Waals surface area contributed by atoms with Gasteiger partial charge in [-0.25, -0.2) is 4.98 Å². The van der Waals surface area contributed by atoms with E-state index >= 15 is 0 Å². The fourth-order valence-corrected chi connectivity index (χ4v) is 4.32. The molecule has 1 aromatic heterocycles. The van der Waals surface area contributed by atoms with E-state index < -0.39 is 11.7 Å². The number of thiazole rings is 1. The maximum absolute atomic E-state index is 12.7. The minimum absolute atomic E-state index is 0. The van der Waals surface area contributed by atoms with E-state index in [0.717, 1.165) is 73.3 Å². The fraction of sp³-hybridized carbons (Fsp3) is 0.524. The van der Waals surface area contributed by atoms with Crippen LogP contribution in [0.3, 0.4) is 0 Å². The highest BCUT2D eigenvalue weighted by Crippen LogP contribution is 2.29. The van der Waals surface area contributed by atoms with Gasteiger partial charge in [0, 0.05) is 56.8 Å². The zero-order valence-corrected chi connectivity index (χ0v) is 20.9. The first-order valence-corrected chi connectivity index (χ1v) is 11.0. The lowest BCUT2D eigenvalue weighted by molar-refractivity contribution is -0.137. The van der Waals surface area contributed by atoms with Crippen molar-refractivity contribution in [3.05, 3.63) is 51.5 Å². The Hall–Kier alpha value is -1.40. The van der Waals surface area contributed by atoms with E-state index in [1.54, 1.807) is 30.5 Å². The molecule has 2 N–H and O–H groups in total. The van der Waals surface area contributed by atoms with E-state index in [1.165, 1.54) is 0 Å². The lowest BCUT2D eigenvalue weighted by atomic mass is 10.1. The van der Waals surface area contributed by atoms with Crippen molar-refractivity contribution < 1.29 is 13.2 Å². The molecule has 10 heteroatoms. The average Bonchev–Trinajstić information content (AvgIpc) is 3.32. The molecule has 1 aliphatic rings. The second kappa shape index (κ2) is 12.0. The van der Waals surface area contributed by atoms with Crippen LogP contribution in [0.2, 0.25) is 0 Å². The Labute approximate surface area is 202 Å². The van der Waals surface area contributed by atoms with Gasteiger partial charge in [-0.05, 0) is 37.5 Å². The van der Waals surface area contributed by atoms with E-state index in [4.69, 9.17) is 0 Å². The molecule has 31 heavy (non-hydrogen) atoms. The van der Waals surface area contributed by atoms with E-state index in [1.807, 2.05) is 6.92 Å². The molecule has 0 amide bonds. The number of hydrogen-bond acceptors (Lipinski definition) is 4. The number of alkyl halides is 3. The van der Waals surface area contributed by atoms with Gasteiger partial charge in [0.25, 0.3) is 0 Å². The van der Waals surface area contributed by atoms with Gasteiger partial charge in [-0.2, -0.15) is 13.2 Å². The summed E-state index contributed by atoms with van der Waals surface area (Å²) >= 11 is 1.70. The topological polar surface area (TPSA) is 52.6 Å². The van der Waals surface area contributed by atoms with Crippen molar-refractivity contribution in [1.29, 1.82) is 0 Å². The third kappa shape index (κ3) is 8.23. The molecule has 0 bridgehead atoms. The Morgan fingerprint density at radius 2 is 2.03 bits per heavy atom. The lowest BCUT2D eigenvalue weighted by Crippen LogP contribution is -2.44. The highest BCUT2D eigenvalue weighted by Gasteiger charge is 2.30. The first kappa shape index (κ1) is 25.9. The van der Waals surface area contributed by atoms with E-state index in [0.29, 0.717) is 6.54 Å². The summed E-state index contributed by atoms with van der Waals surface area (Å²) in [6.07, 6.45) is -1.38. The van der Waals surface area contributed by atoms with Crippen molar-refractivity contribution in [2.45, 2.75) is 44.9 Å². The molecule has 1 saturated heterocycles. The number of aliphatic imine (C=N–C) groups is 1. The molecule has 1 aromatic carbocycles. The molecule has 1 aliphatic heterocycles. The standard InChI is InChI=1S/C21H28F3N5S.HI/c1-15-14-30-19(27-15)4-3-10-26-20(25-2)28-18-9-11-29(13-18)12-16-5-7-17(8-6-16)21(22,23)24;/h5-8,14,18H,3-4,9-13H2,1-2H3,(H2,25,26,28);1H. The van der Waals surface area contributed by atoms with Gasteiger partial charge >= 0.3 is 6.18 Å². The Bertz CT molecular complexity index is 838. The monoisotopic (exact) mass is 567 g/mol. The van der Waals surface area contributed by atoms with Crippen molar-refractivity contribution in [1.82, 2.24) is 20.5 Å². The van der Waals surface area contributed by atoms with Crippen LogP contribution in [0.1, 0.15) is 34.7 Å². The highest BCUT2D eigenvalue weighted by molar-refractivity contribution is 14.0. The number of aromatic nitrogens is 1. The smallest absolute Gasteiger partial charge is 0.356 e. The van der Waals surface area contributed by atoms with Crippen molar-refractivity contribution in [2.75, 3.05) is 26.7 Å². The van der Waals surface area contributed by atoms with Crippen molar-refractivity contribution in [2.24, 2.45) is 4.99 Å². The molecule has 3 rings (SSSR count). The van der Waals surface area contributed by atoms with Gasteiger partial charge < -0.3 is 10.6 Å². The SMILES string of the molecule is CN=C(NCCCc1nc(C)cs1)NC1CCN(Cc2ccc(C(F)(F)F)cc2)C1.I. The van der Waals surface area contributed by atoms with Crippen LogP contribution in [0.15, 0.2) is 34.6 Å². The number of aryl methyl sites for hydroxylation is 2. The molecule has 0 radical (unpaired) electrons. The number of nitrogens with zero attached hydrogens (tertiary/aromatic N) is 3. The van der Waals surface area contributed by atoms with Crippen LogP contribution in [-0.4, -0.2) is 48.6 Å². The van der Waals surface area contributed by atoms with Gasteiger partial charge in [0.1, 0.15) is 0 Å². The number of hydrogen-bond donors (Lipinski definition) is 2. The highest BCUT2D eigenvalue weighted by atomic mass is 127. The van der Waals surface area contributed by atoms with Crippen LogP contribution >= 0.6 is 35.3 Å². The van der Waals surface area contributed by atoms with E-state index in [9.17, 15) is 13.2 Å². The van der Waals surface area contributed by atoms with Crippen molar-refractivity contribution in [3.8, 4) is 0 Å². The molecule has 1 fully saturated rings. The predicted molar refractivity (Wildman–Crippen MR) is 130 cm³/mol. The molecule has 5 nitrogen and oxygen atoms in total. The lowest BCUT2D eigenvalue weighted by Gasteiger charge is -2.19. The van der Waals surface area contributed by atoms with Crippen LogP contribution in [0.5, 0.6) is 0 Å². The summed E-state index contributed by atoms with van der Waals surface area (Å²) in [5.41, 5.74) is 1.36. The second-order valence-electron chi connectivity index (χ2n) is 7.54. The van der Waals surface area contributed by atoms with Crippen LogP contribution < -0.4 is 10.6 Å². The second-order valence-corrected chi connectivity index (χ2v) is 8.49. The van der Waals surface area contributed by atoms with Gasteiger partial charge in [-0.3, -0.25) is 9.89 Å². The third-order valence-electron chi connectivity index (χ3n) is 5.05. The molecule has 2 aromatic rings. The Morgan fingerprint density at radius 3 is 2.65 bits per heavy atom. The van der Waals surface area contributed by atoms with Crippen LogP contribution in [0, 0.1) is 6.92 Å².